The van der Waals surface area contributed by atoms with Crippen molar-refractivity contribution in [1.29, 1.82) is 0 Å². The van der Waals surface area contributed by atoms with E-state index in [1.54, 1.807) is 11.3 Å². The van der Waals surface area contributed by atoms with Crippen molar-refractivity contribution in [1.82, 2.24) is 4.98 Å². The highest BCUT2D eigenvalue weighted by Gasteiger charge is 2.46. The van der Waals surface area contributed by atoms with Gasteiger partial charge in [0.25, 0.3) is 0 Å². The second kappa shape index (κ2) is 4.21. The predicted molar refractivity (Wildman–Crippen MR) is 70.8 cm³/mol. The molecule has 0 bridgehead atoms. The zero-order chi connectivity index (χ0) is 12.7. The van der Waals surface area contributed by atoms with Gasteiger partial charge in [-0.25, -0.2) is 4.98 Å². The van der Waals surface area contributed by atoms with Crippen molar-refractivity contribution < 1.29 is 9.90 Å². The molecule has 3 rings (SSSR count). The minimum atomic E-state index is -0.686. The molecule has 2 unspecified atom stereocenters. The minimum absolute atomic E-state index is 0.178. The van der Waals surface area contributed by atoms with Crippen LogP contribution in [0.3, 0.4) is 0 Å². The SMILES string of the molecule is Cc1nc(-c2ccccc2)sc1C1CC1C(=O)O. The number of carbonyl (C=O) groups is 1. The molecule has 1 aromatic carbocycles. The van der Waals surface area contributed by atoms with E-state index in [4.69, 9.17) is 5.11 Å². The molecule has 1 aliphatic carbocycles. The Bertz CT molecular complexity index is 591. The number of aliphatic carboxylic acids is 1. The van der Waals surface area contributed by atoms with Gasteiger partial charge in [-0.15, -0.1) is 11.3 Å². The number of aryl methyl sites for hydroxylation is 1. The summed E-state index contributed by atoms with van der Waals surface area (Å²) in [5.74, 6) is -0.709. The van der Waals surface area contributed by atoms with E-state index in [0.717, 1.165) is 27.6 Å². The lowest BCUT2D eigenvalue weighted by Gasteiger charge is -1.93. The quantitative estimate of drug-likeness (QED) is 0.920. The molecule has 0 aliphatic heterocycles. The monoisotopic (exact) mass is 259 g/mol. The van der Waals surface area contributed by atoms with Crippen molar-refractivity contribution in [3.05, 3.63) is 40.9 Å². The lowest BCUT2D eigenvalue weighted by molar-refractivity contribution is -0.138. The number of hydrogen-bond acceptors (Lipinski definition) is 3. The van der Waals surface area contributed by atoms with Gasteiger partial charge in [-0.2, -0.15) is 0 Å². The predicted octanol–water partition coefficient (Wildman–Crippen LogP) is 3.31. The molecule has 3 nitrogen and oxygen atoms in total. The van der Waals surface area contributed by atoms with Crippen molar-refractivity contribution in [3.63, 3.8) is 0 Å². The molecule has 1 aromatic heterocycles. The fraction of sp³-hybridized carbons (Fsp3) is 0.286. The van der Waals surface area contributed by atoms with E-state index in [-0.39, 0.29) is 11.8 Å². The first-order valence-corrected chi connectivity index (χ1v) is 6.74. The maximum absolute atomic E-state index is 10.9. The summed E-state index contributed by atoms with van der Waals surface area (Å²) in [5.41, 5.74) is 2.08. The summed E-state index contributed by atoms with van der Waals surface area (Å²) in [5, 5.41) is 9.97. The first-order valence-electron chi connectivity index (χ1n) is 5.92. The van der Waals surface area contributed by atoms with E-state index < -0.39 is 5.97 Å². The van der Waals surface area contributed by atoms with Crippen LogP contribution in [0.5, 0.6) is 0 Å². The van der Waals surface area contributed by atoms with E-state index in [2.05, 4.69) is 4.98 Å². The zero-order valence-electron chi connectivity index (χ0n) is 9.96. The largest absolute Gasteiger partial charge is 0.481 e. The fourth-order valence-electron chi connectivity index (χ4n) is 2.21. The molecule has 18 heavy (non-hydrogen) atoms. The van der Waals surface area contributed by atoms with Crippen LogP contribution in [0, 0.1) is 12.8 Å². The molecule has 2 aromatic rings. The molecule has 2 atom stereocenters. The Labute approximate surface area is 109 Å². The Hall–Kier alpha value is -1.68. The van der Waals surface area contributed by atoms with Crippen LogP contribution in [-0.2, 0) is 4.79 Å². The third-order valence-electron chi connectivity index (χ3n) is 3.30. The van der Waals surface area contributed by atoms with Crippen molar-refractivity contribution in [2.45, 2.75) is 19.3 Å². The first-order chi connectivity index (χ1) is 8.66. The number of hydrogen-bond donors (Lipinski definition) is 1. The second-order valence-electron chi connectivity index (χ2n) is 4.62. The standard InChI is InChI=1S/C14H13NO2S/c1-8-12(10-7-11(10)14(16)17)18-13(15-8)9-5-3-2-4-6-9/h2-6,10-11H,7H2,1H3,(H,16,17). The molecule has 1 heterocycles. The maximum Gasteiger partial charge on any atom is 0.307 e. The van der Waals surface area contributed by atoms with Gasteiger partial charge in [-0.05, 0) is 13.3 Å². The van der Waals surface area contributed by atoms with Gasteiger partial charge in [0, 0.05) is 16.4 Å². The van der Waals surface area contributed by atoms with E-state index in [9.17, 15) is 4.79 Å². The number of benzene rings is 1. The molecular formula is C14H13NO2S. The normalized spacial score (nSPS) is 21.8. The Kier molecular flexibility index (Phi) is 2.67. The van der Waals surface area contributed by atoms with Gasteiger partial charge in [-0.1, -0.05) is 30.3 Å². The number of nitrogens with zero attached hydrogens (tertiary/aromatic N) is 1. The molecule has 1 N–H and O–H groups in total. The Morgan fingerprint density at radius 3 is 2.72 bits per heavy atom. The van der Waals surface area contributed by atoms with Crippen LogP contribution < -0.4 is 0 Å². The Morgan fingerprint density at radius 1 is 1.39 bits per heavy atom. The van der Waals surface area contributed by atoms with E-state index in [1.807, 2.05) is 37.3 Å². The topological polar surface area (TPSA) is 50.2 Å². The molecule has 92 valence electrons. The highest BCUT2D eigenvalue weighted by Crippen LogP contribution is 2.51. The van der Waals surface area contributed by atoms with Crippen LogP contribution in [0.2, 0.25) is 0 Å². The number of rotatable bonds is 3. The Morgan fingerprint density at radius 2 is 2.11 bits per heavy atom. The molecule has 1 saturated carbocycles. The third kappa shape index (κ3) is 1.93. The summed E-state index contributed by atoms with van der Waals surface area (Å²) in [7, 11) is 0. The summed E-state index contributed by atoms with van der Waals surface area (Å²) >= 11 is 1.63. The zero-order valence-corrected chi connectivity index (χ0v) is 10.8. The summed E-state index contributed by atoms with van der Waals surface area (Å²) in [6, 6.07) is 10.0. The van der Waals surface area contributed by atoms with Crippen LogP contribution in [0.1, 0.15) is 22.9 Å². The molecule has 1 aliphatic rings. The summed E-state index contributed by atoms with van der Waals surface area (Å²) in [6.07, 6.45) is 0.757. The summed E-state index contributed by atoms with van der Waals surface area (Å²) in [6.45, 7) is 1.97. The molecule has 0 saturated heterocycles. The number of thiazole rings is 1. The van der Waals surface area contributed by atoms with E-state index >= 15 is 0 Å². The molecule has 4 heteroatoms. The molecule has 0 spiro atoms. The summed E-state index contributed by atoms with van der Waals surface area (Å²) < 4.78 is 0. The van der Waals surface area contributed by atoms with Gasteiger partial charge in [-0.3, -0.25) is 4.79 Å². The van der Waals surface area contributed by atoms with Gasteiger partial charge >= 0.3 is 5.97 Å². The smallest absolute Gasteiger partial charge is 0.307 e. The average Bonchev–Trinajstić information content (AvgIpc) is 3.08. The molecule has 0 amide bonds. The maximum atomic E-state index is 10.9. The number of carboxylic acid groups (broad SMARTS) is 1. The van der Waals surface area contributed by atoms with Crippen LogP contribution in [0.25, 0.3) is 10.6 Å². The lowest BCUT2D eigenvalue weighted by Crippen LogP contribution is -1.98. The van der Waals surface area contributed by atoms with Crippen LogP contribution >= 0.6 is 11.3 Å². The Balaban J connectivity index is 1.91. The van der Waals surface area contributed by atoms with Gasteiger partial charge in [0.05, 0.1) is 11.6 Å². The highest BCUT2D eigenvalue weighted by atomic mass is 32.1. The molecular weight excluding hydrogens is 246 g/mol. The van der Waals surface area contributed by atoms with Gasteiger partial charge in [0.2, 0.25) is 0 Å². The third-order valence-corrected chi connectivity index (χ3v) is 4.64. The average molecular weight is 259 g/mol. The summed E-state index contributed by atoms with van der Waals surface area (Å²) in [4.78, 5) is 16.6. The lowest BCUT2D eigenvalue weighted by atomic mass is 10.2. The molecule has 1 fully saturated rings. The van der Waals surface area contributed by atoms with Crippen LogP contribution in [-0.4, -0.2) is 16.1 Å². The molecule has 0 radical (unpaired) electrons. The second-order valence-corrected chi connectivity index (χ2v) is 5.65. The number of aromatic nitrogens is 1. The van der Waals surface area contributed by atoms with E-state index in [0.29, 0.717) is 0 Å². The van der Waals surface area contributed by atoms with Crippen LogP contribution in [0.4, 0.5) is 0 Å². The van der Waals surface area contributed by atoms with Gasteiger partial charge in [0.15, 0.2) is 0 Å². The van der Waals surface area contributed by atoms with Crippen molar-refractivity contribution in [2.24, 2.45) is 5.92 Å². The number of carboxylic acids is 1. The van der Waals surface area contributed by atoms with Gasteiger partial charge in [0.1, 0.15) is 5.01 Å². The van der Waals surface area contributed by atoms with Gasteiger partial charge < -0.3 is 5.11 Å². The van der Waals surface area contributed by atoms with Crippen molar-refractivity contribution in [3.8, 4) is 10.6 Å². The minimum Gasteiger partial charge on any atom is -0.481 e. The fourth-order valence-corrected chi connectivity index (χ4v) is 3.46. The first kappa shape index (κ1) is 11.4. The highest BCUT2D eigenvalue weighted by molar-refractivity contribution is 7.15. The van der Waals surface area contributed by atoms with Crippen molar-refractivity contribution in [2.75, 3.05) is 0 Å². The van der Waals surface area contributed by atoms with E-state index in [1.165, 1.54) is 0 Å². The van der Waals surface area contributed by atoms with Crippen LogP contribution in [0.15, 0.2) is 30.3 Å². The van der Waals surface area contributed by atoms with Crippen molar-refractivity contribution >= 4 is 17.3 Å².